The molecule has 2 rings (SSSR count). The fourth-order valence-electron chi connectivity index (χ4n) is 2.34. The molecule has 0 atom stereocenters. The average molecular weight is 398 g/mol. The van der Waals surface area contributed by atoms with Crippen LogP contribution in [0, 0.1) is 0 Å². The monoisotopic (exact) mass is 396 g/mol. The summed E-state index contributed by atoms with van der Waals surface area (Å²) in [6, 6.07) is 18.0. The first-order chi connectivity index (χ1) is 10.7. The van der Waals surface area contributed by atoms with Crippen LogP contribution in [0.3, 0.4) is 0 Å². The van der Waals surface area contributed by atoms with Crippen molar-refractivity contribution in [1.82, 2.24) is 4.90 Å². The second-order valence-corrected chi connectivity index (χ2v) is 6.03. The Kier molecular flexibility index (Phi) is 8.92. The second-order valence-electron chi connectivity index (χ2n) is 5.17. The topological polar surface area (TPSA) is 46.3 Å². The number of carbonyl (C=O) groups excluding carboxylic acids is 1. The van der Waals surface area contributed by atoms with Crippen molar-refractivity contribution in [2.75, 3.05) is 19.6 Å². The van der Waals surface area contributed by atoms with E-state index in [0.29, 0.717) is 26.1 Å². The van der Waals surface area contributed by atoms with Crippen molar-refractivity contribution in [3.63, 3.8) is 0 Å². The lowest BCUT2D eigenvalue weighted by Crippen LogP contribution is -2.37. The van der Waals surface area contributed by atoms with Gasteiger partial charge in [-0.3, -0.25) is 4.79 Å². The quantitative estimate of drug-likeness (QED) is 0.778. The highest BCUT2D eigenvalue weighted by Gasteiger charge is 2.14. The van der Waals surface area contributed by atoms with Crippen LogP contribution in [0.25, 0.3) is 0 Å². The smallest absolute Gasteiger partial charge is 0.227 e. The first-order valence-corrected chi connectivity index (χ1v) is 8.25. The molecule has 124 valence electrons. The summed E-state index contributed by atoms with van der Waals surface area (Å²) in [5.74, 6) is 0.119. The maximum absolute atomic E-state index is 12.5. The van der Waals surface area contributed by atoms with Crippen LogP contribution < -0.4 is 5.73 Å². The molecule has 2 aromatic rings. The van der Waals surface area contributed by atoms with Gasteiger partial charge in [-0.05, 0) is 23.6 Å². The number of carbonyl (C=O) groups is 1. The van der Waals surface area contributed by atoms with Gasteiger partial charge in [0.1, 0.15) is 0 Å². The van der Waals surface area contributed by atoms with Crippen LogP contribution in [-0.4, -0.2) is 30.4 Å². The molecule has 23 heavy (non-hydrogen) atoms. The summed E-state index contributed by atoms with van der Waals surface area (Å²) >= 11 is 3.49. The number of benzene rings is 2. The van der Waals surface area contributed by atoms with Crippen molar-refractivity contribution >= 4 is 34.2 Å². The van der Waals surface area contributed by atoms with Crippen molar-refractivity contribution in [3.8, 4) is 0 Å². The van der Waals surface area contributed by atoms with E-state index in [1.165, 1.54) is 5.56 Å². The maximum Gasteiger partial charge on any atom is 0.227 e. The summed E-state index contributed by atoms with van der Waals surface area (Å²) in [4.78, 5) is 14.4. The largest absolute Gasteiger partial charge is 0.341 e. The summed E-state index contributed by atoms with van der Waals surface area (Å²) in [7, 11) is 0. The van der Waals surface area contributed by atoms with Gasteiger partial charge in [0.15, 0.2) is 0 Å². The summed E-state index contributed by atoms with van der Waals surface area (Å²) < 4.78 is 0.971. The van der Waals surface area contributed by atoms with Gasteiger partial charge in [-0.25, -0.2) is 0 Å². The zero-order chi connectivity index (χ0) is 15.8. The van der Waals surface area contributed by atoms with Gasteiger partial charge in [0, 0.05) is 24.1 Å². The highest BCUT2D eigenvalue weighted by Crippen LogP contribution is 2.17. The Balaban J connectivity index is 0.00000264. The van der Waals surface area contributed by atoms with Crippen molar-refractivity contribution in [1.29, 1.82) is 0 Å². The Hall–Kier alpha value is -1.36. The first kappa shape index (κ1) is 19.7. The van der Waals surface area contributed by atoms with Crippen LogP contribution in [0.5, 0.6) is 0 Å². The van der Waals surface area contributed by atoms with Gasteiger partial charge < -0.3 is 10.6 Å². The van der Waals surface area contributed by atoms with E-state index in [1.807, 2.05) is 47.4 Å². The minimum Gasteiger partial charge on any atom is -0.341 e. The molecular formula is C18H22BrClN2O. The summed E-state index contributed by atoms with van der Waals surface area (Å²) in [5.41, 5.74) is 7.90. The number of amides is 1. The molecule has 2 N–H and O–H groups in total. The molecule has 2 aromatic carbocycles. The number of nitrogens with two attached hydrogens (primary N) is 1. The van der Waals surface area contributed by atoms with Crippen LogP contribution in [0.2, 0.25) is 0 Å². The van der Waals surface area contributed by atoms with Gasteiger partial charge in [0.2, 0.25) is 5.91 Å². The number of nitrogens with zero attached hydrogens (tertiary/aromatic N) is 1. The molecule has 0 saturated heterocycles. The predicted molar refractivity (Wildman–Crippen MR) is 101 cm³/mol. The van der Waals surface area contributed by atoms with E-state index in [4.69, 9.17) is 5.73 Å². The minimum atomic E-state index is 0. The van der Waals surface area contributed by atoms with E-state index < -0.39 is 0 Å². The van der Waals surface area contributed by atoms with E-state index >= 15 is 0 Å². The third kappa shape index (κ3) is 6.34. The SMILES string of the molecule is Cl.NCCN(CCc1ccccc1)C(=O)Cc1ccccc1Br. The molecule has 0 aliphatic carbocycles. The van der Waals surface area contributed by atoms with Gasteiger partial charge in [-0.15, -0.1) is 12.4 Å². The fraction of sp³-hybridized carbons (Fsp3) is 0.278. The molecule has 0 unspecified atom stereocenters. The number of hydrogen-bond acceptors (Lipinski definition) is 2. The first-order valence-electron chi connectivity index (χ1n) is 7.46. The van der Waals surface area contributed by atoms with Crippen LogP contribution in [0.4, 0.5) is 0 Å². The molecule has 3 nitrogen and oxygen atoms in total. The van der Waals surface area contributed by atoms with E-state index in [-0.39, 0.29) is 18.3 Å². The van der Waals surface area contributed by atoms with Crippen LogP contribution in [-0.2, 0) is 17.6 Å². The highest BCUT2D eigenvalue weighted by molar-refractivity contribution is 9.10. The van der Waals surface area contributed by atoms with Gasteiger partial charge in [0.25, 0.3) is 0 Å². The number of hydrogen-bond donors (Lipinski definition) is 1. The zero-order valence-electron chi connectivity index (χ0n) is 13.0. The normalized spacial score (nSPS) is 10.0. The van der Waals surface area contributed by atoms with Crippen LogP contribution >= 0.6 is 28.3 Å². The molecular weight excluding hydrogens is 376 g/mol. The molecule has 0 saturated carbocycles. The van der Waals surface area contributed by atoms with Gasteiger partial charge >= 0.3 is 0 Å². The van der Waals surface area contributed by atoms with Gasteiger partial charge in [-0.1, -0.05) is 64.5 Å². The number of halogens is 2. The molecule has 0 aliphatic rings. The Bertz CT molecular complexity index is 607. The molecule has 0 fully saturated rings. The van der Waals surface area contributed by atoms with Crippen molar-refractivity contribution in [3.05, 3.63) is 70.2 Å². The molecule has 0 aliphatic heterocycles. The van der Waals surface area contributed by atoms with Crippen molar-refractivity contribution < 1.29 is 4.79 Å². The van der Waals surface area contributed by atoms with E-state index in [1.54, 1.807) is 0 Å². The van der Waals surface area contributed by atoms with Gasteiger partial charge in [0.05, 0.1) is 6.42 Å². The van der Waals surface area contributed by atoms with Crippen LogP contribution in [0.15, 0.2) is 59.1 Å². The lowest BCUT2D eigenvalue weighted by atomic mass is 10.1. The molecule has 0 spiro atoms. The van der Waals surface area contributed by atoms with Gasteiger partial charge in [-0.2, -0.15) is 0 Å². The van der Waals surface area contributed by atoms with E-state index in [2.05, 4.69) is 28.1 Å². The summed E-state index contributed by atoms with van der Waals surface area (Å²) in [5, 5.41) is 0. The van der Waals surface area contributed by atoms with E-state index in [0.717, 1.165) is 16.5 Å². The van der Waals surface area contributed by atoms with Crippen molar-refractivity contribution in [2.45, 2.75) is 12.8 Å². The molecule has 0 aromatic heterocycles. The second kappa shape index (κ2) is 10.4. The lowest BCUT2D eigenvalue weighted by Gasteiger charge is -2.22. The zero-order valence-corrected chi connectivity index (χ0v) is 15.4. The predicted octanol–water partition coefficient (Wildman–Crippen LogP) is 3.44. The molecule has 0 heterocycles. The molecule has 0 bridgehead atoms. The Labute approximate surface area is 152 Å². The molecule has 1 amide bonds. The molecule has 5 heteroatoms. The number of rotatable bonds is 7. The summed E-state index contributed by atoms with van der Waals surface area (Å²) in [6.07, 6.45) is 1.25. The standard InChI is InChI=1S/C18H21BrN2O.ClH/c19-17-9-5-4-8-16(17)14-18(22)21(13-11-20)12-10-15-6-2-1-3-7-15;/h1-9H,10-14,20H2;1H. The Morgan fingerprint density at radius 1 is 1.00 bits per heavy atom. The molecule has 0 radical (unpaired) electrons. The third-order valence-electron chi connectivity index (χ3n) is 3.56. The Morgan fingerprint density at radius 3 is 2.30 bits per heavy atom. The minimum absolute atomic E-state index is 0. The fourth-order valence-corrected chi connectivity index (χ4v) is 2.77. The Morgan fingerprint density at radius 2 is 1.65 bits per heavy atom. The maximum atomic E-state index is 12.5. The van der Waals surface area contributed by atoms with E-state index in [9.17, 15) is 4.79 Å². The summed E-state index contributed by atoms with van der Waals surface area (Å²) in [6.45, 7) is 1.77. The average Bonchev–Trinajstić information content (AvgIpc) is 2.54. The lowest BCUT2D eigenvalue weighted by molar-refractivity contribution is -0.130. The van der Waals surface area contributed by atoms with Crippen molar-refractivity contribution in [2.24, 2.45) is 5.73 Å². The highest BCUT2D eigenvalue weighted by atomic mass is 79.9. The van der Waals surface area contributed by atoms with Crippen LogP contribution in [0.1, 0.15) is 11.1 Å². The third-order valence-corrected chi connectivity index (χ3v) is 4.34.